The summed E-state index contributed by atoms with van der Waals surface area (Å²) in [6, 6.07) is 5.97. The average molecular weight is 389 g/mol. The third-order valence-electron chi connectivity index (χ3n) is 6.83. The van der Waals surface area contributed by atoms with Crippen molar-refractivity contribution >= 4 is 7.48 Å². The van der Waals surface area contributed by atoms with Crippen LogP contribution in [-0.4, -0.2) is 35.1 Å². The Labute approximate surface area is 171 Å². The smallest absolute Gasteiger partial charge is 0.373 e. The number of aromatic nitrogens is 1. The van der Waals surface area contributed by atoms with E-state index in [9.17, 15) is 9.90 Å². The lowest BCUT2D eigenvalue weighted by atomic mass is 9.82. The molecular formula is C23H26BN2O3. The third kappa shape index (κ3) is 3.15. The van der Waals surface area contributed by atoms with Gasteiger partial charge in [-0.25, -0.2) is 0 Å². The van der Waals surface area contributed by atoms with E-state index < -0.39 is 0 Å². The Balaban J connectivity index is 1.20. The average Bonchev–Trinajstić information content (AvgIpc) is 3.46. The van der Waals surface area contributed by atoms with Crippen LogP contribution in [0.15, 0.2) is 41.5 Å². The maximum absolute atomic E-state index is 11.5. The molecule has 6 heteroatoms. The number of aromatic hydroxyl groups is 1. The van der Waals surface area contributed by atoms with Gasteiger partial charge in [0.15, 0.2) is 5.75 Å². The Morgan fingerprint density at radius 3 is 2.90 bits per heavy atom. The molecule has 0 bridgehead atoms. The van der Waals surface area contributed by atoms with Crippen LogP contribution in [0.5, 0.6) is 11.5 Å². The molecule has 3 heterocycles. The predicted molar refractivity (Wildman–Crippen MR) is 114 cm³/mol. The van der Waals surface area contributed by atoms with Gasteiger partial charge in [-0.2, -0.15) is 0 Å². The number of pyridine rings is 1. The van der Waals surface area contributed by atoms with Crippen LogP contribution in [0, 0.1) is 19.8 Å². The van der Waals surface area contributed by atoms with E-state index in [4.69, 9.17) is 4.65 Å². The molecule has 1 saturated heterocycles. The fourth-order valence-electron chi connectivity index (χ4n) is 4.70. The van der Waals surface area contributed by atoms with Gasteiger partial charge in [0.05, 0.1) is 12.2 Å². The summed E-state index contributed by atoms with van der Waals surface area (Å²) in [5.74, 6) is 2.84. The molecule has 2 fully saturated rings. The highest BCUT2D eigenvalue weighted by atomic mass is 16.4. The monoisotopic (exact) mass is 389 g/mol. The van der Waals surface area contributed by atoms with Gasteiger partial charge in [-0.15, -0.1) is 0 Å². The van der Waals surface area contributed by atoms with Crippen molar-refractivity contribution in [3.8, 4) is 11.5 Å². The molecule has 1 radical (unpaired) electrons. The normalized spacial score (nSPS) is 22.1. The second-order valence-corrected chi connectivity index (χ2v) is 8.81. The van der Waals surface area contributed by atoms with Crippen molar-refractivity contribution in [2.45, 2.75) is 45.0 Å². The maximum Gasteiger partial charge on any atom is 0.373 e. The van der Waals surface area contributed by atoms with Gasteiger partial charge in [0, 0.05) is 31.0 Å². The van der Waals surface area contributed by atoms with Crippen LogP contribution in [0.25, 0.3) is 0 Å². The van der Waals surface area contributed by atoms with Gasteiger partial charge in [-0.05, 0) is 61.0 Å². The molecule has 5 rings (SSSR count). The van der Waals surface area contributed by atoms with Crippen LogP contribution in [0.2, 0.25) is 5.82 Å². The van der Waals surface area contributed by atoms with Gasteiger partial charge < -0.3 is 19.2 Å². The number of allylic oxidation sites excluding steroid dienone is 1. The SMILES string of the molecule is C=C(Cn1ccc(=O)c(O)c1C)N1CC(Cc2ccc3c(c2C)O[B]C2CC32)C1. The summed E-state index contributed by atoms with van der Waals surface area (Å²) in [6.45, 7) is 10.7. The van der Waals surface area contributed by atoms with Crippen molar-refractivity contribution < 1.29 is 9.76 Å². The minimum Gasteiger partial charge on any atom is -0.562 e. The van der Waals surface area contributed by atoms with Crippen LogP contribution < -0.4 is 10.1 Å². The molecule has 1 aromatic heterocycles. The van der Waals surface area contributed by atoms with E-state index in [1.807, 2.05) is 12.0 Å². The lowest BCUT2D eigenvalue weighted by Gasteiger charge is -2.43. The van der Waals surface area contributed by atoms with Crippen molar-refractivity contribution in [3.63, 3.8) is 0 Å². The Hall–Kier alpha value is -2.63. The minimum absolute atomic E-state index is 0.179. The second kappa shape index (κ2) is 6.72. The molecule has 1 saturated carbocycles. The van der Waals surface area contributed by atoms with E-state index in [0.29, 0.717) is 29.9 Å². The molecule has 3 aliphatic rings. The molecule has 2 unspecified atom stereocenters. The minimum atomic E-state index is -0.340. The molecule has 1 aromatic carbocycles. The highest BCUT2D eigenvalue weighted by molar-refractivity contribution is 6.33. The quantitative estimate of drug-likeness (QED) is 0.799. The lowest BCUT2D eigenvalue weighted by molar-refractivity contribution is 0.136. The number of likely N-dealkylation sites (tertiary alicyclic amines) is 1. The van der Waals surface area contributed by atoms with Crippen LogP contribution >= 0.6 is 0 Å². The molecule has 1 N–H and O–H groups in total. The maximum atomic E-state index is 11.5. The van der Waals surface area contributed by atoms with Crippen molar-refractivity contribution in [1.29, 1.82) is 0 Å². The van der Waals surface area contributed by atoms with E-state index in [-0.39, 0.29) is 11.2 Å². The highest BCUT2D eigenvalue weighted by Gasteiger charge is 2.45. The Kier molecular flexibility index (Phi) is 4.26. The first-order chi connectivity index (χ1) is 13.9. The van der Waals surface area contributed by atoms with Gasteiger partial charge >= 0.3 is 7.48 Å². The molecule has 0 spiro atoms. The van der Waals surface area contributed by atoms with E-state index in [2.05, 4.69) is 30.5 Å². The fourth-order valence-corrected chi connectivity index (χ4v) is 4.70. The van der Waals surface area contributed by atoms with Crippen LogP contribution in [-0.2, 0) is 13.0 Å². The van der Waals surface area contributed by atoms with Gasteiger partial charge in [-0.3, -0.25) is 4.79 Å². The van der Waals surface area contributed by atoms with Crippen molar-refractivity contribution in [1.82, 2.24) is 9.47 Å². The van der Waals surface area contributed by atoms with Gasteiger partial charge in [-0.1, -0.05) is 18.7 Å². The third-order valence-corrected chi connectivity index (χ3v) is 6.83. The molecule has 2 aliphatic heterocycles. The molecular weight excluding hydrogens is 363 g/mol. The number of rotatable bonds is 5. The second-order valence-electron chi connectivity index (χ2n) is 8.81. The summed E-state index contributed by atoms with van der Waals surface area (Å²) < 4.78 is 7.82. The molecule has 149 valence electrons. The van der Waals surface area contributed by atoms with Crippen molar-refractivity contribution in [2.75, 3.05) is 13.1 Å². The standard InChI is InChI=1S/C23H26BN2O3/c1-13(10-25-7-6-21(27)22(28)15(25)3)26-11-16(12-26)8-17-4-5-18-19-9-20(19)24-29-23(18)14(17)2/h4-7,16,19-20,28H,1,8-12H2,2-3H3. The molecule has 0 amide bonds. The number of nitrogens with zero attached hydrogens (tertiary/aromatic N) is 2. The molecule has 2 atom stereocenters. The number of hydrogen-bond acceptors (Lipinski definition) is 4. The first-order valence-corrected chi connectivity index (χ1v) is 10.4. The topological polar surface area (TPSA) is 54.7 Å². The molecule has 1 aliphatic carbocycles. The van der Waals surface area contributed by atoms with Crippen LogP contribution in [0.3, 0.4) is 0 Å². The van der Waals surface area contributed by atoms with Gasteiger partial charge in [0.2, 0.25) is 5.43 Å². The summed E-state index contributed by atoms with van der Waals surface area (Å²) in [6.07, 6.45) is 4.01. The fraction of sp³-hybridized carbons (Fsp3) is 0.435. The summed E-state index contributed by atoms with van der Waals surface area (Å²) in [5, 5.41) is 9.86. The summed E-state index contributed by atoms with van der Waals surface area (Å²) in [5.41, 5.74) is 5.31. The summed E-state index contributed by atoms with van der Waals surface area (Å²) in [4.78, 5) is 13.8. The van der Waals surface area contributed by atoms with Gasteiger partial charge in [0.1, 0.15) is 5.75 Å². The van der Waals surface area contributed by atoms with Crippen LogP contribution in [0.4, 0.5) is 0 Å². The van der Waals surface area contributed by atoms with Crippen molar-refractivity contribution in [3.05, 3.63) is 69.3 Å². The first-order valence-electron chi connectivity index (χ1n) is 10.4. The Morgan fingerprint density at radius 2 is 2.10 bits per heavy atom. The van der Waals surface area contributed by atoms with E-state index >= 15 is 0 Å². The molecule has 2 aromatic rings. The van der Waals surface area contributed by atoms with E-state index in [1.54, 1.807) is 13.1 Å². The summed E-state index contributed by atoms with van der Waals surface area (Å²) >= 11 is 0. The first kappa shape index (κ1) is 18.4. The zero-order valence-electron chi connectivity index (χ0n) is 17.0. The molecule has 5 nitrogen and oxygen atoms in total. The number of hydrogen-bond donors (Lipinski definition) is 1. The zero-order chi connectivity index (χ0) is 20.3. The molecule has 29 heavy (non-hydrogen) atoms. The van der Waals surface area contributed by atoms with E-state index in [1.165, 1.54) is 29.2 Å². The summed E-state index contributed by atoms with van der Waals surface area (Å²) in [7, 11) is 2.02. The number of benzene rings is 1. The predicted octanol–water partition coefficient (Wildman–Crippen LogP) is 3.15. The van der Waals surface area contributed by atoms with E-state index in [0.717, 1.165) is 31.0 Å². The number of fused-ring (bicyclic) bond motifs is 3. The largest absolute Gasteiger partial charge is 0.562 e. The van der Waals surface area contributed by atoms with Gasteiger partial charge in [0.25, 0.3) is 0 Å². The Bertz CT molecular complexity index is 1050. The van der Waals surface area contributed by atoms with Crippen LogP contribution in [0.1, 0.15) is 34.7 Å². The zero-order valence-corrected chi connectivity index (χ0v) is 17.0. The lowest BCUT2D eigenvalue weighted by Crippen LogP contribution is -2.47. The highest BCUT2D eigenvalue weighted by Crippen LogP contribution is 2.58. The van der Waals surface area contributed by atoms with Crippen molar-refractivity contribution in [2.24, 2.45) is 5.92 Å². The Morgan fingerprint density at radius 1 is 1.31 bits per heavy atom.